The van der Waals surface area contributed by atoms with Gasteiger partial charge in [0, 0.05) is 36.9 Å². The van der Waals surface area contributed by atoms with E-state index in [-0.39, 0.29) is 11.9 Å². The Hall–Kier alpha value is -3.74. The van der Waals surface area contributed by atoms with Crippen LogP contribution >= 0.6 is 0 Å². The Labute approximate surface area is 181 Å². The predicted molar refractivity (Wildman–Crippen MR) is 117 cm³/mol. The molecule has 1 aliphatic rings. The van der Waals surface area contributed by atoms with Gasteiger partial charge in [0.05, 0.1) is 18.3 Å². The van der Waals surface area contributed by atoms with Gasteiger partial charge in [-0.15, -0.1) is 0 Å². The average molecular weight is 412 g/mol. The normalized spacial score (nSPS) is 16.0. The number of imidazole rings is 1. The van der Waals surface area contributed by atoms with Crippen LogP contribution in [0, 0.1) is 6.92 Å². The molecule has 1 atom stereocenters. The first-order valence-electron chi connectivity index (χ1n) is 10.5. The molecule has 4 heterocycles. The molecule has 0 saturated carbocycles. The third kappa shape index (κ3) is 3.74. The maximum Gasteiger partial charge on any atom is 0.254 e. The summed E-state index contributed by atoms with van der Waals surface area (Å²) < 4.78 is 3.80. The number of amides is 1. The van der Waals surface area contributed by atoms with E-state index in [1.165, 1.54) is 0 Å². The fraction of sp³-hybridized carbons (Fsp3) is 0.250. The Balaban J connectivity index is 1.44. The van der Waals surface area contributed by atoms with Crippen LogP contribution in [0.15, 0.2) is 73.3 Å². The van der Waals surface area contributed by atoms with Gasteiger partial charge in [0.25, 0.3) is 5.91 Å². The second-order valence-corrected chi connectivity index (χ2v) is 7.78. The third-order valence-electron chi connectivity index (χ3n) is 5.82. The molecule has 1 unspecified atom stereocenters. The first-order chi connectivity index (χ1) is 15.2. The van der Waals surface area contributed by atoms with E-state index in [4.69, 9.17) is 4.98 Å². The molecule has 0 spiro atoms. The zero-order chi connectivity index (χ0) is 21.2. The van der Waals surface area contributed by atoms with E-state index >= 15 is 0 Å². The first-order valence-corrected chi connectivity index (χ1v) is 10.5. The quantitative estimate of drug-likeness (QED) is 0.500. The second-order valence-electron chi connectivity index (χ2n) is 7.78. The zero-order valence-corrected chi connectivity index (χ0v) is 17.4. The number of carbonyl (C=O) groups excluding carboxylic acids is 1. The van der Waals surface area contributed by atoms with Crippen LogP contribution in [0.1, 0.15) is 46.3 Å². The zero-order valence-electron chi connectivity index (χ0n) is 17.4. The lowest BCUT2D eigenvalue weighted by Gasteiger charge is -2.26. The van der Waals surface area contributed by atoms with Crippen molar-refractivity contribution < 1.29 is 4.79 Å². The average Bonchev–Trinajstić information content (AvgIpc) is 3.56. The number of aromatic nitrogens is 5. The van der Waals surface area contributed by atoms with Crippen LogP contribution in [0.3, 0.4) is 0 Å². The van der Waals surface area contributed by atoms with Gasteiger partial charge in [-0.2, -0.15) is 5.10 Å². The molecule has 0 N–H and O–H groups in total. The van der Waals surface area contributed by atoms with Crippen molar-refractivity contribution in [1.29, 1.82) is 0 Å². The van der Waals surface area contributed by atoms with Crippen LogP contribution < -0.4 is 0 Å². The van der Waals surface area contributed by atoms with Gasteiger partial charge < -0.3 is 4.90 Å². The van der Waals surface area contributed by atoms with E-state index < -0.39 is 0 Å². The maximum atomic E-state index is 13.6. The monoisotopic (exact) mass is 412 g/mol. The molecule has 1 fully saturated rings. The summed E-state index contributed by atoms with van der Waals surface area (Å²) in [6, 6.07) is 15.6. The Kier molecular flexibility index (Phi) is 5.08. The summed E-state index contributed by atoms with van der Waals surface area (Å²) in [5.41, 5.74) is 2.62. The van der Waals surface area contributed by atoms with Crippen LogP contribution in [0.5, 0.6) is 0 Å². The first kappa shape index (κ1) is 19.2. The molecule has 1 aromatic carbocycles. The fourth-order valence-corrected chi connectivity index (χ4v) is 4.29. The Morgan fingerprint density at radius 3 is 2.77 bits per heavy atom. The van der Waals surface area contributed by atoms with Crippen molar-refractivity contribution >= 4 is 5.91 Å². The van der Waals surface area contributed by atoms with E-state index in [9.17, 15) is 4.79 Å². The molecular weight excluding hydrogens is 388 g/mol. The lowest BCUT2D eigenvalue weighted by Crippen LogP contribution is -2.32. The van der Waals surface area contributed by atoms with Crippen molar-refractivity contribution in [2.75, 3.05) is 6.54 Å². The van der Waals surface area contributed by atoms with Crippen LogP contribution in [0.2, 0.25) is 0 Å². The molecule has 156 valence electrons. The number of hydrogen-bond acceptors (Lipinski definition) is 4. The van der Waals surface area contributed by atoms with Crippen molar-refractivity contribution in [3.8, 4) is 5.82 Å². The minimum atomic E-state index is -0.0333. The number of rotatable bonds is 5. The molecule has 7 heteroatoms. The van der Waals surface area contributed by atoms with Gasteiger partial charge in [0.15, 0.2) is 0 Å². The lowest BCUT2D eigenvalue weighted by atomic mass is 10.0. The Morgan fingerprint density at radius 2 is 1.97 bits per heavy atom. The van der Waals surface area contributed by atoms with Crippen molar-refractivity contribution in [1.82, 2.24) is 29.2 Å². The summed E-state index contributed by atoms with van der Waals surface area (Å²) in [6.07, 6.45) is 9.21. The number of benzene rings is 1. The summed E-state index contributed by atoms with van der Waals surface area (Å²) in [5.74, 6) is 1.76. The highest BCUT2D eigenvalue weighted by molar-refractivity contribution is 5.96. The Morgan fingerprint density at radius 1 is 1.06 bits per heavy atom. The molecule has 31 heavy (non-hydrogen) atoms. The van der Waals surface area contributed by atoms with Gasteiger partial charge in [-0.3, -0.25) is 14.0 Å². The maximum absolute atomic E-state index is 13.6. The molecule has 1 amide bonds. The van der Waals surface area contributed by atoms with Crippen LogP contribution in [-0.2, 0) is 6.54 Å². The summed E-state index contributed by atoms with van der Waals surface area (Å²) >= 11 is 0. The van der Waals surface area contributed by atoms with Gasteiger partial charge in [0.2, 0.25) is 0 Å². The summed E-state index contributed by atoms with van der Waals surface area (Å²) in [5, 5.41) is 4.29. The molecule has 4 aromatic rings. The highest BCUT2D eigenvalue weighted by Crippen LogP contribution is 2.33. The molecule has 1 saturated heterocycles. The molecule has 5 rings (SSSR count). The fourth-order valence-electron chi connectivity index (χ4n) is 4.29. The molecule has 0 aliphatic carbocycles. The second kappa shape index (κ2) is 8.18. The Bertz CT molecular complexity index is 1200. The summed E-state index contributed by atoms with van der Waals surface area (Å²) in [4.78, 5) is 24.7. The number of pyridine rings is 1. The van der Waals surface area contributed by atoms with Crippen LogP contribution in [0.4, 0.5) is 0 Å². The van der Waals surface area contributed by atoms with E-state index in [0.717, 1.165) is 47.8 Å². The van der Waals surface area contributed by atoms with E-state index in [2.05, 4.69) is 10.1 Å². The van der Waals surface area contributed by atoms with Crippen molar-refractivity contribution in [2.45, 2.75) is 32.4 Å². The molecule has 0 bridgehead atoms. The smallest absolute Gasteiger partial charge is 0.254 e. The van der Waals surface area contributed by atoms with Gasteiger partial charge in [-0.05, 0) is 49.6 Å². The van der Waals surface area contributed by atoms with Crippen molar-refractivity contribution in [3.05, 3.63) is 96.0 Å². The number of hydrogen-bond donors (Lipinski definition) is 0. The molecule has 7 nitrogen and oxygen atoms in total. The molecule has 0 radical (unpaired) electrons. The van der Waals surface area contributed by atoms with Gasteiger partial charge in [-0.25, -0.2) is 9.97 Å². The van der Waals surface area contributed by atoms with E-state index in [1.807, 2.05) is 82.0 Å². The predicted octanol–water partition coefficient (Wildman–Crippen LogP) is 3.80. The minimum absolute atomic E-state index is 0.0333. The van der Waals surface area contributed by atoms with Gasteiger partial charge in [-0.1, -0.05) is 24.3 Å². The summed E-state index contributed by atoms with van der Waals surface area (Å²) in [7, 11) is 0. The molecule has 1 aliphatic heterocycles. The van der Waals surface area contributed by atoms with Gasteiger partial charge in [0.1, 0.15) is 11.6 Å². The summed E-state index contributed by atoms with van der Waals surface area (Å²) in [6.45, 7) is 3.26. The largest absolute Gasteiger partial charge is 0.330 e. The topological polar surface area (TPSA) is 68.8 Å². The van der Waals surface area contributed by atoms with Crippen LogP contribution in [0.25, 0.3) is 5.82 Å². The number of carbonyl (C=O) groups is 1. The standard InChI is InChI=1S/C24H24N6O/c1-18-25-13-16-29(18)23-11-4-9-21(27-23)22-10-5-15-30(22)24(31)20-8-3-2-7-19(20)17-28-14-6-12-26-28/h2-4,6-9,11-14,16,22H,5,10,15,17H2,1H3. The molecular formula is C24H24N6O. The highest BCUT2D eigenvalue weighted by atomic mass is 16.2. The number of nitrogens with zero attached hydrogens (tertiary/aromatic N) is 6. The van der Waals surface area contributed by atoms with Crippen molar-refractivity contribution in [2.24, 2.45) is 0 Å². The lowest BCUT2D eigenvalue weighted by molar-refractivity contribution is 0.0731. The number of likely N-dealkylation sites (tertiary alicyclic amines) is 1. The van der Waals surface area contributed by atoms with E-state index in [1.54, 1.807) is 12.4 Å². The van der Waals surface area contributed by atoms with Crippen LogP contribution in [-0.4, -0.2) is 41.7 Å². The minimum Gasteiger partial charge on any atom is -0.330 e. The van der Waals surface area contributed by atoms with Crippen molar-refractivity contribution in [3.63, 3.8) is 0 Å². The SMILES string of the molecule is Cc1nccn1-c1cccc(C2CCCN2C(=O)c2ccccc2Cn2cccn2)n1. The van der Waals surface area contributed by atoms with E-state index in [0.29, 0.717) is 6.54 Å². The molecule has 3 aromatic heterocycles. The number of aryl methyl sites for hydroxylation is 1. The van der Waals surface area contributed by atoms with Gasteiger partial charge >= 0.3 is 0 Å². The highest BCUT2D eigenvalue weighted by Gasteiger charge is 2.32. The third-order valence-corrected chi connectivity index (χ3v) is 5.82.